The van der Waals surface area contributed by atoms with E-state index in [0.29, 0.717) is 16.7 Å². The molecule has 2 aromatic carbocycles. The number of carbonyl (C=O) groups excluding carboxylic acids is 1. The van der Waals surface area contributed by atoms with E-state index in [1.165, 1.54) is 36.4 Å². The average molecular weight is 385 g/mol. The van der Waals surface area contributed by atoms with Gasteiger partial charge in [0.1, 0.15) is 0 Å². The summed E-state index contributed by atoms with van der Waals surface area (Å²) >= 11 is 0. The van der Waals surface area contributed by atoms with Gasteiger partial charge in [0.15, 0.2) is 0 Å². The highest BCUT2D eigenvalue weighted by atomic mass is 19.4. The van der Waals surface area contributed by atoms with Gasteiger partial charge in [-0.1, -0.05) is 36.4 Å². The number of allylic oxidation sites excluding steroid dienone is 2. The SMILES string of the molecule is NC(=O)C=CC=C(c1ccc(C(F)(F)F)cc1)c1ccc(C(F)(F)F)cc1. The lowest BCUT2D eigenvalue weighted by Crippen LogP contribution is -2.05. The van der Waals surface area contributed by atoms with Crippen molar-refractivity contribution in [2.24, 2.45) is 5.73 Å². The number of amides is 1. The van der Waals surface area contributed by atoms with E-state index in [4.69, 9.17) is 5.73 Å². The van der Waals surface area contributed by atoms with Crippen LogP contribution in [-0.4, -0.2) is 5.91 Å². The topological polar surface area (TPSA) is 43.1 Å². The molecule has 0 atom stereocenters. The average Bonchev–Trinajstić information content (AvgIpc) is 2.57. The lowest BCUT2D eigenvalue weighted by atomic mass is 9.95. The van der Waals surface area contributed by atoms with Crippen LogP contribution in [-0.2, 0) is 17.1 Å². The Labute approximate surface area is 150 Å². The number of primary amides is 1. The molecule has 0 aliphatic heterocycles. The molecule has 142 valence electrons. The molecule has 0 fully saturated rings. The van der Waals surface area contributed by atoms with Gasteiger partial charge in [0.25, 0.3) is 0 Å². The highest BCUT2D eigenvalue weighted by Gasteiger charge is 2.31. The summed E-state index contributed by atoms with van der Waals surface area (Å²) in [5.74, 6) is -0.745. The van der Waals surface area contributed by atoms with E-state index in [1.807, 2.05) is 0 Å². The highest BCUT2D eigenvalue weighted by molar-refractivity contribution is 5.87. The van der Waals surface area contributed by atoms with Crippen LogP contribution < -0.4 is 5.73 Å². The zero-order valence-corrected chi connectivity index (χ0v) is 13.6. The summed E-state index contributed by atoms with van der Waals surface area (Å²) in [5.41, 5.74) is 4.26. The first-order chi connectivity index (χ1) is 12.5. The number of halogens is 6. The molecule has 0 unspecified atom stereocenters. The molecule has 0 heterocycles. The van der Waals surface area contributed by atoms with Gasteiger partial charge in [-0.25, -0.2) is 0 Å². The van der Waals surface area contributed by atoms with Crippen LogP contribution in [0.15, 0.2) is 66.8 Å². The fraction of sp³-hybridized carbons (Fsp3) is 0.105. The largest absolute Gasteiger partial charge is 0.416 e. The second-order valence-electron chi connectivity index (χ2n) is 5.49. The third-order valence-corrected chi connectivity index (χ3v) is 3.57. The van der Waals surface area contributed by atoms with Crippen molar-refractivity contribution in [1.82, 2.24) is 0 Å². The van der Waals surface area contributed by atoms with Crippen LogP contribution in [0.25, 0.3) is 5.57 Å². The van der Waals surface area contributed by atoms with Crippen molar-refractivity contribution in [3.05, 3.63) is 89.0 Å². The van der Waals surface area contributed by atoms with Crippen LogP contribution in [0, 0.1) is 0 Å². The van der Waals surface area contributed by atoms with Crippen LogP contribution in [0.1, 0.15) is 22.3 Å². The fourth-order valence-electron chi connectivity index (χ4n) is 2.28. The molecule has 1 amide bonds. The number of rotatable bonds is 4. The first-order valence-electron chi connectivity index (χ1n) is 7.51. The van der Waals surface area contributed by atoms with Crippen molar-refractivity contribution in [1.29, 1.82) is 0 Å². The number of benzene rings is 2. The molecule has 2 N–H and O–H groups in total. The van der Waals surface area contributed by atoms with Gasteiger partial charge in [0, 0.05) is 6.08 Å². The van der Waals surface area contributed by atoms with Gasteiger partial charge in [-0.3, -0.25) is 4.79 Å². The summed E-state index contributed by atoms with van der Waals surface area (Å²) < 4.78 is 76.2. The maximum Gasteiger partial charge on any atom is 0.416 e. The lowest BCUT2D eigenvalue weighted by molar-refractivity contribution is -0.138. The maximum atomic E-state index is 12.7. The second-order valence-corrected chi connectivity index (χ2v) is 5.49. The molecular formula is C19H13F6NO. The number of carbonyl (C=O) groups is 1. The van der Waals surface area contributed by atoms with E-state index in [9.17, 15) is 31.1 Å². The third-order valence-electron chi connectivity index (χ3n) is 3.57. The molecule has 0 aliphatic carbocycles. The molecule has 8 heteroatoms. The minimum atomic E-state index is -4.51. The Morgan fingerprint density at radius 1 is 0.741 bits per heavy atom. The lowest BCUT2D eigenvalue weighted by Gasteiger charge is -2.12. The maximum absolute atomic E-state index is 12.7. The minimum absolute atomic E-state index is 0.329. The molecule has 0 spiro atoms. The number of alkyl halides is 6. The van der Waals surface area contributed by atoms with E-state index < -0.39 is 29.4 Å². The Balaban J connectivity index is 2.47. The number of nitrogens with two attached hydrogens (primary N) is 1. The van der Waals surface area contributed by atoms with Gasteiger partial charge in [0.2, 0.25) is 5.91 Å². The Hall–Kier alpha value is -3.03. The molecule has 0 aliphatic rings. The van der Waals surface area contributed by atoms with E-state index >= 15 is 0 Å². The normalized spacial score (nSPS) is 12.2. The molecule has 27 heavy (non-hydrogen) atoms. The van der Waals surface area contributed by atoms with Crippen molar-refractivity contribution in [3.8, 4) is 0 Å². The molecule has 0 aromatic heterocycles. The van der Waals surface area contributed by atoms with Crippen molar-refractivity contribution >= 4 is 11.5 Å². The molecule has 0 bridgehead atoms. The molecule has 2 nitrogen and oxygen atoms in total. The monoisotopic (exact) mass is 385 g/mol. The first-order valence-corrected chi connectivity index (χ1v) is 7.51. The van der Waals surface area contributed by atoms with Crippen LogP contribution in [0.5, 0.6) is 0 Å². The second kappa shape index (κ2) is 7.69. The van der Waals surface area contributed by atoms with Gasteiger partial charge >= 0.3 is 12.4 Å². The summed E-state index contributed by atoms with van der Waals surface area (Å²) in [5, 5.41) is 0. The van der Waals surface area contributed by atoms with Crippen LogP contribution in [0.4, 0.5) is 26.3 Å². The summed E-state index contributed by atoms with van der Waals surface area (Å²) in [6, 6.07) is 8.26. The number of hydrogen-bond donors (Lipinski definition) is 1. The van der Waals surface area contributed by atoms with Gasteiger partial charge in [-0.15, -0.1) is 0 Å². The van der Waals surface area contributed by atoms with Crippen molar-refractivity contribution < 1.29 is 31.1 Å². The van der Waals surface area contributed by atoms with E-state index in [1.54, 1.807) is 0 Å². The van der Waals surface area contributed by atoms with Crippen LogP contribution in [0.2, 0.25) is 0 Å². The van der Waals surface area contributed by atoms with Crippen molar-refractivity contribution in [2.75, 3.05) is 0 Å². The Kier molecular flexibility index (Phi) is 5.78. The predicted molar refractivity (Wildman–Crippen MR) is 88.3 cm³/mol. The highest BCUT2D eigenvalue weighted by Crippen LogP contribution is 2.33. The van der Waals surface area contributed by atoms with Crippen LogP contribution >= 0.6 is 0 Å². The zero-order chi connectivity index (χ0) is 20.2. The summed E-state index contributed by atoms with van der Waals surface area (Å²) in [4.78, 5) is 10.8. The Morgan fingerprint density at radius 2 is 1.11 bits per heavy atom. The molecule has 0 saturated carbocycles. The van der Waals surface area contributed by atoms with E-state index in [2.05, 4.69) is 0 Å². The van der Waals surface area contributed by atoms with Crippen LogP contribution in [0.3, 0.4) is 0 Å². The fourth-order valence-corrected chi connectivity index (χ4v) is 2.28. The summed E-state index contributed by atoms with van der Waals surface area (Å²) in [6.45, 7) is 0. The molecule has 2 aromatic rings. The Morgan fingerprint density at radius 3 is 1.41 bits per heavy atom. The van der Waals surface area contributed by atoms with Gasteiger partial charge in [-0.05, 0) is 41.0 Å². The number of hydrogen-bond acceptors (Lipinski definition) is 1. The van der Waals surface area contributed by atoms with E-state index in [-0.39, 0.29) is 0 Å². The quantitative estimate of drug-likeness (QED) is 0.439. The molecule has 2 rings (SSSR count). The minimum Gasteiger partial charge on any atom is -0.366 e. The third kappa shape index (κ3) is 5.47. The van der Waals surface area contributed by atoms with Gasteiger partial charge in [0.05, 0.1) is 11.1 Å². The molecular weight excluding hydrogens is 372 g/mol. The standard InChI is InChI=1S/C19H13F6NO/c20-18(21,22)14-8-4-12(5-9-14)16(2-1-3-17(26)27)13-6-10-15(11-7-13)19(23,24)25/h1-11H,(H2,26,27). The predicted octanol–water partition coefficient (Wildman–Crippen LogP) is 5.20. The summed E-state index contributed by atoms with van der Waals surface area (Å²) in [7, 11) is 0. The molecule has 0 saturated heterocycles. The van der Waals surface area contributed by atoms with Crippen molar-refractivity contribution in [3.63, 3.8) is 0 Å². The van der Waals surface area contributed by atoms with Gasteiger partial charge in [-0.2, -0.15) is 26.3 Å². The van der Waals surface area contributed by atoms with Gasteiger partial charge < -0.3 is 5.73 Å². The van der Waals surface area contributed by atoms with E-state index in [0.717, 1.165) is 30.3 Å². The smallest absolute Gasteiger partial charge is 0.366 e. The van der Waals surface area contributed by atoms with Crippen molar-refractivity contribution in [2.45, 2.75) is 12.4 Å². The molecule has 0 radical (unpaired) electrons. The summed E-state index contributed by atoms with van der Waals surface area (Å²) in [6.07, 6.45) is -5.34. The Bertz CT molecular complexity index is 800. The zero-order valence-electron chi connectivity index (χ0n) is 13.6. The first kappa shape index (κ1) is 20.3.